The Morgan fingerprint density at radius 1 is 1.08 bits per heavy atom. The predicted molar refractivity (Wildman–Crippen MR) is 95.9 cm³/mol. The molecule has 1 amide bonds. The summed E-state index contributed by atoms with van der Waals surface area (Å²) in [4.78, 5) is 14.5. The lowest BCUT2D eigenvalue weighted by atomic mass is 10.0. The van der Waals surface area contributed by atoms with Crippen LogP contribution in [-0.4, -0.2) is 30.5 Å². The smallest absolute Gasteiger partial charge is 0.223 e. The molecule has 1 aliphatic heterocycles. The van der Waals surface area contributed by atoms with Gasteiger partial charge in [-0.15, -0.1) is 0 Å². The quantitative estimate of drug-likeness (QED) is 0.838. The first-order valence-corrected chi connectivity index (χ1v) is 8.78. The second-order valence-corrected chi connectivity index (χ2v) is 6.28. The van der Waals surface area contributed by atoms with Crippen LogP contribution in [0.25, 0.3) is 0 Å². The van der Waals surface area contributed by atoms with Crippen LogP contribution in [0, 0.1) is 0 Å². The predicted octanol–water partition coefficient (Wildman–Crippen LogP) is 3.78. The SMILES string of the molecule is CCc1ccc(C2CN(C(=O)CCc3ccccc3)CCO2)cc1. The third-order valence-corrected chi connectivity index (χ3v) is 4.65. The van der Waals surface area contributed by atoms with Crippen molar-refractivity contribution in [1.82, 2.24) is 4.90 Å². The molecule has 0 radical (unpaired) electrons. The van der Waals surface area contributed by atoms with Gasteiger partial charge in [0, 0.05) is 13.0 Å². The van der Waals surface area contributed by atoms with E-state index >= 15 is 0 Å². The maximum atomic E-state index is 12.5. The van der Waals surface area contributed by atoms with Gasteiger partial charge in [-0.1, -0.05) is 61.5 Å². The second kappa shape index (κ2) is 8.11. The summed E-state index contributed by atoms with van der Waals surface area (Å²) in [6.45, 7) is 4.10. The lowest BCUT2D eigenvalue weighted by Gasteiger charge is -2.33. The molecule has 3 heteroatoms. The van der Waals surface area contributed by atoms with Crippen molar-refractivity contribution >= 4 is 5.91 Å². The number of aryl methyl sites for hydroxylation is 2. The number of carbonyl (C=O) groups excluding carboxylic acids is 1. The number of hydrogen-bond donors (Lipinski definition) is 0. The maximum Gasteiger partial charge on any atom is 0.223 e. The number of carbonyl (C=O) groups is 1. The average Bonchev–Trinajstić information content (AvgIpc) is 2.67. The fourth-order valence-corrected chi connectivity index (χ4v) is 3.10. The lowest BCUT2D eigenvalue weighted by molar-refractivity contribution is -0.139. The zero-order chi connectivity index (χ0) is 16.8. The number of rotatable bonds is 5. The summed E-state index contributed by atoms with van der Waals surface area (Å²) in [6, 6.07) is 18.7. The van der Waals surface area contributed by atoms with Gasteiger partial charge in [0.05, 0.1) is 13.2 Å². The van der Waals surface area contributed by atoms with Crippen molar-refractivity contribution in [3.63, 3.8) is 0 Å². The minimum absolute atomic E-state index is 0.00895. The molecule has 1 fully saturated rings. The molecule has 0 saturated carbocycles. The number of amides is 1. The first-order valence-electron chi connectivity index (χ1n) is 8.78. The molecule has 0 aliphatic carbocycles. The maximum absolute atomic E-state index is 12.5. The van der Waals surface area contributed by atoms with E-state index in [9.17, 15) is 4.79 Å². The van der Waals surface area contributed by atoms with Crippen LogP contribution in [-0.2, 0) is 22.4 Å². The van der Waals surface area contributed by atoms with Crippen molar-refractivity contribution in [1.29, 1.82) is 0 Å². The summed E-state index contributed by atoms with van der Waals surface area (Å²) in [7, 11) is 0. The molecule has 0 aromatic heterocycles. The van der Waals surface area contributed by atoms with Crippen LogP contribution < -0.4 is 0 Å². The van der Waals surface area contributed by atoms with Crippen molar-refractivity contribution in [3.8, 4) is 0 Å². The molecule has 126 valence electrons. The Balaban J connectivity index is 1.57. The van der Waals surface area contributed by atoms with Gasteiger partial charge < -0.3 is 9.64 Å². The molecular formula is C21H25NO2. The summed E-state index contributed by atoms with van der Waals surface area (Å²) in [5.41, 5.74) is 3.70. The van der Waals surface area contributed by atoms with E-state index in [1.54, 1.807) is 0 Å². The second-order valence-electron chi connectivity index (χ2n) is 6.28. The molecule has 1 saturated heterocycles. The Morgan fingerprint density at radius 3 is 2.54 bits per heavy atom. The molecule has 3 rings (SSSR count). The Labute approximate surface area is 144 Å². The highest BCUT2D eigenvalue weighted by molar-refractivity contribution is 5.76. The molecule has 0 bridgehead atoms. The molecule has 1 heterocycles. The third-order valence-electron chi connectivity index (χ3n) is 4.65. The standard InChI is InChI=1S/C21H25NO2/c1-2-17-8-11-19(12-9-17)20-16-22(14-15-24-20)21(23)13-10-18-6-4-3-5-7-18/h3-9,11-12,20H,2,10,13-16H2,1H3. The first kappa shape index (κ1) is 16.7. The van der Waals surface area contributed by atoms with E-state index in [1.807, 2.05) is 23.1 Å². The van der Waals surface area contributed by atoms with Gasteiger partial charge in [-0.3, -0.25) is 4.79 Å². The molecule has 2 aromatic rings. The van der Waals surface area contributed by atoms with E-state index in [-0.39, 0.29) is 12.0 Å². The number of benzene rings is 2. The fraction of sp³-hybridized carbons (Fsp3) is 0.381. The highest BCUT2D eigenvalue weighted by Crippen LogP contribution is 2.23. The van der Waals surface area contributed by atoms with Gasteiger partial charge in [-0.2, -0.15) is 0 Å². The summed E-state index contributed by atoms with van der Waals surface area (Å²) in [5, 5.41) is 0. The van der Waals surface area contributed by atoms with Gasteiger partial charge in [0.1, 0.15) is 6.10 Å². The Hall–Kier alpha value is -2.13. The molecular weight excluding hydrogens is 298 g/mol. The zero-order valence-electron chi connectivity index (χ0n) is 14.3. The van der Waals surface area contributed by atoms with Gasteiger partial charge in [0.25, 0.3) is 0 Å². The van der Waals surface area contributed by atoms with E-state index in [2.05, 4.69) is 43.3 Å². The van der Waals surface area contributed by atoms with E-state index in [0.29, 0.717) is 26.1 Å². The molecule has 1 aliphatic rings. The molecule has 3 nitrogen and oxygen atoms in total. The van der Waals surface area contributed by atoms with Crippen molar-refractivity contribution in [2.45, 2.75) is 32.3 Å². The van der Waals surface area contributed by atoms with Crippen molar-refractivity contribution in [2.24, 2.45) is 0 Å². The van der Waals surface area contributed by atoms with E-state index < -0.39 is 0 Å². The largest absolute Gasteiger partial charge is 0.370 e. The van der Waals surface area contributed by atoms with Crippen LogP contribution in [0.2, 0.25) is 0 Å². The fourth-order valence-electron chi connectivity index (χ4n) is 3.10. The van der Waals surface area contributed by atoms with Crippen molar-refractivity contribution in [2.75, 3.05) is 19.7 Å². The summed E-state index contributed by atoms with van der Waals surface area (Å²) in [6.07, 6.45) is 2.39. The monoisotopic (exact) mass is 323 g/mol. The van der Waals surface area contributed by atoms with E-state index in [4.69, 9.17) is 4.74 Å². The van der Waals surface area contributed by atoms with Crippen molar-refractivity contribution < 1.29 is 9.53 Å². The topological polar surface area (TPSA) is 29.5 Å². The Kier molecular flexibility index (Phi) is 5.65. The average molecular weight is 323 g/mol. The van der Waals surface area contributed by atoms with Crippen LogP contribution >= 0.6 is 0 Å². The van der Waals surface area contributed by atoms with E-state index in [0.717, 1.165) is 18.4 Å². The van der Waals surface area contributed by atoms with Crippen LogP contribution in [0.4, 0.5) is 0 Å². The van der Waals surface area contributed by atoms with Crippen LogP contribution in [0.5, 0.6) is 0 Å². The molecule has 2 aromatic carbocycles. The highest BCUT2D eigenvalue weighted by atomic mass is 16.5. The lowest BCUT2D eigenvalue weighted by Crippen LogP contribution is -2.42. The van der Waals surface area contributed by atoms with Crippen LogP contribution in [0.3, 0.4) is 0 Å². The van der Waals surface area contributed by atoms with Gasteiger partial charge >= 0.3 is 0 Å². The third kappa shape index (κ3) is 4.24. The summed E-state index contributed by atoms with van der Waals surface area (Å²) < 4.78 is 5.89. The minimum Gasteiger partial charge on any atom is -0.370 e. The van der Waals surface area contributed by atoms with Crippen LogP contribution in [0.15, 0.2) is 54.6 Å². The zero-order valence-corrected chi connectivity index (χ0v) is 14.3. The molecule has 24 heavy (non-hydrogen) atoms. The Bertz CT molecular complexity index is 651. The van der Waals surface area contributed by atoms with Crippen LogP contribution in [0.1, 0.15) is 36.1 Å². The molecule has 1 atom stereocenters. The van der Waals surface area contributed by atoms with Gasteiger partial charge in [-0.25, -0.2) is 0 Å². The summed E-state index contributed by atoms with van der Waals surface area (Å²) >= 11 is 0. The molecule has 1 unspecified atom stereocenters. The number of nitrogens with zero attached hydrogens (tertiary/aromatic N) is 1. The number of ether oxygens (including phenoxy) is 1. The first-order chi connectivity index (χ1) is 11.8. The van der Waals surface area contributed by atoms with Gasteiger partial charge in [0.15, 0.2) is 0 Å². The molecule has 0 N–H and O–H groups in total. The normalized spacial score (nSPS) is 17.7. The highest BCUT2D eigenvalue weighted by Gasteiger charge is 2.25. The Morgan fingerprint density at radius 2 is 1.83 bits per heavy atom. The van der Waals surface area contributed by atoms with E-state index in [1.165, 1.54) is 11.1 Å². The minimum atomic E-state index is -0.00895. The van der Waals surface area contributed by atoms with Gasteiger partial charge in [-0.05, 0) is 29.5 Å². The summed E-state index contributed by atoms with van der Waals surface area (Å²) in [5.74, 6) is 0.220. The number of hydrogen-bond acceptors (Lipinski definition) is 2. The molecule has 0 spiro atoms. The van der Waals surface area contributed by atoms with Gasteiger partial charge in [0.2, 0.25) is 5.91 Å². The number of morpholine rings is 1. The van der Waals surface area contributed by atoms with Crippen molar-refractivity contribution in [3.05, 3.63) is 71.3 Å².